The molecule has 0 aromatic heterocycles. The molecule has 14 nitrogen and oxygen atoms in total. The molecule has 0 aliphatic rings. The molecule has 0 aliphatic heterocycles. The van der Waals surface area contributed by atoms with E-state index in [4.69, 9.17) is 15.7 Å². The molecule has 0 saturated heterocycles. The molecule has 0 spiro atoms. The van der Waals surface area contributed by atoms with E-state index in [-0.39, 0.29) is 82.4 Å². The number of sulfonamides is 1. The van der Waals surface area contributed by atoms with Gasteiger partial charge in [0.25, 0.3) is 15.7 Å². The summed E-state index contributed by atoms with van der Waals surface area (Å²) >= 11 is -2.09. The normalized spacial score (nSPS) is 10.3. The number of carbonyl (C=O) groups is 2. The Bertz CT molecular complexity index is 1930. The van der Waals surface area contributed by atoms with Gasteiger partial charge in [0.2, 0.25) is 0 Å². The van der Waals surface area contributed by atoms with Crippen LogP contribution in [0.2, 0.25) is 0 Å². The standard InChI is InChI=1S/C19H22N2O4S.C12H14N2O2.C7H8O2S.CH4O.CH3O.2Na/c1-15-11-13-17(14-12-15)26(23,24)21-20-18(9-6-10-19(22)25-2)16-7-4-3-5-8-16;1-16-12(15)9-5-8-11(14-13)10-6-3-2-4-7-10;1-6-2-4-7(5-3-6)10(8)9;2*1-2;;/h3-5,7-8,11-14,21H,6,9-10H2,1-2H3;2-4,6-7H,5,8-9H2,1H3;2-5H,1H3,(H,8,9);2H,1H3;1H3;;/q;;;;-1;2*+1/p-1. The molecule has 304 valence electrons. The number of nitrogens with one attached hydrogen (secondary N) is 1. The zero-order chi connectivity index (χ0) is 42.4. The summed E-state index contributed by atoms with van der Waals surface area (Å²) in [7, 11) is 0.694. The van der Waals surface area contributed by atoms with Crippen LogP contribution in [0.5, 0.6) is 0 Å². The largest absolute Gasteiger partial charge is 1.00 e. The van der Waals surface area contributed by atoms with Crippen LogP contribution in [-0.2, 0) is 40.2 Å². The van der Waals surface area contributed by atoms with Crippen molar-refractivity contribution in [3.8, 4) is 0 Å². The number of hydrogen-bond acceptors (Lipinski definition) is 11. The molecule has 4 aromatic carbocycles. The molecule has 2 N–H and O–H groups in total. The summed E-state index contributed by atoms with van der Waals surface area (Å²) in [6, 6.07) is 31.9. The van der Waals surface area contributed by atoms with Crippen molar-refractivity contribution in [3.05, 3.63) is 137 Å². The second kappa shape index (κ2) is 35.6. The Labute approximate surface area is 389 Å². The molecule has 0 heterocycles. The van der Waals surface area contributed by atoms with Crippen molar-refractivity contribution in [2.75, 3.05) is 28.4 Å². The van der Waals surface area contributed by atoms with Crippen LogP contribution in [0.25, 0.3) is 5.53 Å². The van der Waals surface area contributed by atoms with Crippen LogP contribution in [0.4, 0.5) is 0 Å². The van der Waals surface area contributed by atoms with Crippen LogP contribution in [0.3, 0.4) is 0 Å². The van der Waals surface area contributed by atoms with Gasteiger partial charge in [-0.2, -0.15) is 30.2 Å². The van der Waals surface area contributed by atoms with Gasteiger partial charge in [-0.05, 0) is 86.2 Å². The maximum atomic E-state index is 12.4. The van der Waals surface area contributed by atoms with E-state index >= 15 is 0 Å². The van der Waals surface area contributed by atoms with Gasteiger partial charge in [0, 0.05) is 24.8 Å². The van der Waals surface area contributed by atoms with Crippen molar-refractivity contribution in [3.63, 3.8) is 0 Å². The van der Waals surface area contributed by atoms with Crippen molar-refractivity contribution in [1.82, 2.24) is 4.83 Å². The molecule has 0 radical (unpaired) electrons. The van der Waals surface area contributed by atoms with Crippen LogP contribution in [0, 0.1) is 13.8 Å². The molecule has 0 saturated carbocycles. The number of ether oxygens (including phenoxy) is 2. The summed E-state index contributed by atoms with van der Waals surface area (Å²) in [5.41, 5.74) is 13.7. The van der Waals surface area contributed by atoms with Crippen LogP contribution in [0.15, 0.2) is 124 Å². The van der Waals surface area contributed by atoms with Gasteiger partial charge in [-0.1, -0.05) is 83.9 Å². The molecule has 18 heteroatoms. The summed E-state index contributed by atoms with van der Waals surface area (Å²) in [6.45, 7) is 3.80. The second-order valence-corrected chi connectivity index (χ2v) is 13.8. The molecule has 0 amide bonds. The Morgan fingerprint density at radius 1 is 0.724 bits per heavy atom. The number of carbonyl (C=O) groups excluding carboxylic acids is 2. The number of methoxy groups -OCH3 is 2. The third kappa shape index (κ3) is 25.2. The Hall–Kier alpha value is -3.35. The quantitative estimate of drug-likeness (QED) is 0.0296. The first-order valence-electron chi connectivity index (χ1n) is 17.0. The molecule has 0 fully saturated rings. The first-order chi connectivity index (χ1) is 26.9. The number of hydrogen-bond donors (Lipinski definition) is 2. The van der Waals surface area contributed by atoms with E-state index < -0.39 is 21.1 Å². The first kappa shape index (κ1) is 59.0. The maximum Gasteiger partial charge on any atom is 1.00 e. The Kier molecular flexibility index (Phi) is 36.2. The Morgan fingerprint density at radius 3 is 1.55 bits per heavy atom. The van der Waals surface area contributed by atoms with Crippen LogP contribution in [-0.4, -0.2) is 78.9 Å². The SMILES string of the molecule is CO.COC(=O)CCCC(=NNS(=O)(=O)c1ccc(C)cc1)c1ccccc1.COC(=O)CCCC(=[N+]=[N-])c1ccccc1.C[O-].Cc1ccc(S(=O)[O-])cc1.[Na+].[Na+]. The monoisotopic (exact) mass is 856 g/mol. The third-order valence-corrected chi connectivity index (χ3v) is 9.11. The molecule has 1 unspecified atom stereocenters. The fraction of sp³-hybridized carbons (Fsp3) is 0.300. The molecule has 58 heavy (non-hydrogen) atoms. The first-order valence-corrected chi connectivity index (χ1v) is 19.6. The summed E-state index contributed by atoms with van der Waals surface area (Å²) in [5, 5.41) is 19.4. The zero-order valence-corrected chi connectivity index (χ0v) is 40.0. The van der Waals surface area contributed by atoms with Gasteiger partial charge < -0.3 is 29.8 Å². The zero-order valence-electron chi connectivity index (χ0n) is 34.4. The number of benzene rings is 4. The predicted molar refractivity (Wildman–Crippen MR) is 213 cm³/mol. The molecular formula is C40H50N4Na2O10S2. The molecule has 0 aliphatic carbocycles. The summed E-state index contributed by atoms with van der Waals surface area (Å²) in [6.07, 6.45) is 2.69. The third-order valence-electron chi connectivity index (χ3n) is 7.22. The van der Waals surface area contributed by atoms with Gasteiger partial charge in [0.1, 0.15) is 0 Å². The Balaban J connectivity index is -0.000000808. The van der Waals surface area contributed by atoms with Gasteiger partial charge in [0.15, 0.2) is 0 Å². The molecule has 4 aromatic rings. The molecule has 4 rings (SSSR count). The maximum absolute atomic E-state index is 12.4. The fourth-order valence-corrected chi connectivity index (χ4v) is 5.51. The van der Waals surface area contributed by atoms with Crippen LogP contribution >= 0.6 is 0 Å². The van der Waals surface area contributed by atoms with E-state index in [1.807, 2.05) is 74.5 Å². The predicted octanol–water partition coefficient (Wildman–Crippen LogP) is -1.10. The van der Waals surface area contributed by atoms with Crippen molar-refractivity contribution >= 4 is 44.5 Å². The fourth-order valence-electron chi connectivity index (χ4n) is 4.32. The van der Waals surface area contributed by atoms with E-state index in [1.54, 1.807) is 36.4 Å². The van der Waals surface area contributed by atoms with Crippen molar-refractivity contribution in [1.29, 1.82) is 0 Å². The molecule has 0 bridgehead atoms. The number of aryl methyl sites for hydroxylation is 2. The number of aliphatic hydroxyl groups excluding tert-OH is 1. The topological polar surface area (TPSA) is 231 Å². The van der Waals surface area contributed by atoms with Gasteiger partial charge in [-0.3, -0.25) is 13.8 Å². The number of esters is 2. The van der Waals surface area contributed by atoms with Gasteiger partial charge in [-0.25, -0.2) is 0 Å². The van der Waals surface area contributed by atoms with Crippen LogP contribution < -0.4 is 69.1 Å². The van der Waals surface area contributed by atoms with E-state index in [0.717, 1.165) is 36.5 Å². The van der Waals surface area contributed by atoms with Crippen molar-refractivity contribution in [2.24, 2.45) is 5.10 Å². The van der Waals surface area contributed by atoms with Crippen molar-refractivity contribution in [2.45, 2.75) is 62.2 Å². The summed E-state index contributed by atoms with van der Waals surface area (Å²) in [4.78, 5) is 28.2. The second-order valence-electron chi connectivity index (χ2n) is 11.2. The average Bonchev–Trinajstić information content (AvgIpc) is 3.23. The average molecular weight is 857 g/mol. The number of aliphatic hydroxyl groups is 1. The molecular weight excluding hydrogens is 807 g/mol. The Morgan fingerprint density at radius 2 is 1.14 bits per heavy atom. The van der Waals surface area contributed by atoms with Gasteiger partial charge >= 0.3 is 71.1 Å². The number of rotatable bonds is 14. The van der Waals surface area contributed by atoms with Gasteiger partial charge in [-0.15, -0.1) is 0 Å². The minimum atomic E-state index is -3.76. The summed E-state index contributed by atoms with van der Waals surface area (Å²) < 4.78 is 54.6. The van der Waals surface area contributed by atoms with E-state index in [2.05, 4.69) is 24.2 Å². The van der Waals surface area contributed by atoms with Gasteiger partial charge in [0.05, 0.1) is 36.8 Å². The minimum absolute atomic E-state index is 0. The van der Waals surface area contributed by atoms with Crippen molar-refractivity contribution < 1.29 is 110 Å². The molecule has 1 atom stereocenters. The van der Waals surface area contributed by atoms with Crippen LogP contribution in [0.1, 0.15) is 60.8 Å². The van der Waals surface area contributed by atoms with E-state index in [0.29, 0.717) is 48.4 Å². The number of nitrogens with zero attached hydrogens (tertiary/aromatic N) is 3. The number of hydrazone groups is 1. The minimum Gasteiger partial charge on any atom is -0.857 e. The summed E-state index contributed by atoms with van der Waals surface area (Å²) in [5.74, 6) is -0.553. The van der Waals surface area contributed by atoms with E-state index in [1.165, 1.54) is 26.4 Å². The van der Waals surface area contributed by atoms with E-state index in [9.17, 15) is 26.8 Å². The smallest absolute Gasteiger partial charge is 0.857 e.